The molecule has 2 atom stereocenters. The number of methoxy groups -OCH3 is 1. The van der Waals surface area contributed by atoms with Gasteiger partial charge in [0.2, 0.25) is 17.6 Å². The highest BCUT2D eigenvalue weighted by molar-refractivity contribution is 5.76. The highest BCUT2D eigenvalue weighted by Gasteiger charge is 2.36. The van der Waals surface area contributed by atoms with Crippen molar-refractivity contribution in [3.63, 3.8) is 0 Å². The lowest BCUT2D eigenvalue weighted by molar-refractivity contribution is -0.149. The van der Waals surface area contributed by atoms with Gasteiger partial charge in [0.1, 0.15) is 5.75 Å². The zero-order valence-corrected chi connectivity index (χ0v) is 16.3. The Hall–Kier alpha value is -2.41. The van der Waals surface area contributed by atoms with Crippen molar-refractivity contribution in [2.24, 2.45) is 0 Å². The average Bonchev–Trinajstić information content (AvgIpc) is 3.22. The number of hydrogen-bond donors (Lipinski definition) is 0. The molecule has 28 heavy (non-hydrogen) atoms. The van der Waals surface area contributed by atoms with Gasteiger partial charge in [-0.25, -0.2) is 0 Å². The van der Waals surface area contributed by atoms with Gasteiger partial charge in [-0.05, 0) is 43.5 Å². The summed E-state index contributed by atoms with van der Waals surface area (Å²) in [5.74, 6) is 2.13. The van der Waals surface area contributed by atoms with E-state index in [1.54, 1.807) is 7.11 Å². The fraction of sp³-hybridized carbons (Fsp3) is 0.571. The van der Waals surface area contributed by atoms with Gasteiger partial charge in [-0.3, -0.25) is 4.79 Å². The Kier molecular flexibility index (Phi) is 5.90. The van der Waals surface area contributed by atoms with Crippen LogP contribution in [-0.2, 0) is 16.0 Å². The van der Waals surface area contributed by atoms with Crippen LogP contribution in [0.3, 0.4) is 0 Å². The predicted octanol–water partition coefficient (Wildman–Crippen LogP) is 3.24. The Morgan fingerprint density at radius 1 is 1.25 bits per heavy atom. The van der Waals surface area contributed by atoms with Gasteiger partial charge in [-0.15, -0.1) is 0 Å². The second-order valence-electron chi connectivity index (χ2n) is 7.44. The molecule has 0 bridgehead atoms. The quantitative estimate of drug-likeness (QED) is 0.760. The lowest BCUT2D eigenvalue weighted by Crippen LogP contribution is -2.54. The first-order valence-electron chi connectivity index (χ1n) is 10.1. The zero-order chi connectivity index (χ0) is 19.3. The lowest BCUT2D eigenvalue weighted by atomic mass is 9.90. The minimum atomic E-state index is 0.218. The van der Waals surface area contributed by atoms with Crippen molar-refractivity contribution < 1.29 is 18.8 Å². The van der Waals surface area contributed by atoms with Crippen molar-refractivity contribution in [3.05, 3.63) is 30.2 Å². The number of carbonyl (C=O) groups is 1. The molecular formula is C21H27N3O4. The molecule has 0 spiro atoms. The molecule has 1 aliphatic carbocycles. The van der Waals surface area contributed by atoms with Crippen LogP contribution in [0.2, 0.25) is 0 Å². The molecule has 0 radical (unpaired) electrons. The maximum Gasteiger partial charge on any atom is 0.226 e. The number of carbonyl (C=O) groups excluding carboxylic acids is 1. The maximum atomic E-state index is 12.7. The summed E-state index contributed by atoms with van der Waals surface area (Å²) in [6, 6.07) is 7.79. The summed E-state index contributed by atoms with van der Waals surface area (Å²) in [4.78, 5) is 19.2. The van der Waals surface area contributed by atoms with E-state index in [1.807, 2.05) is 29.2 Å². The highest BCUT2D eigenvalue weighted by atomic mass is 16.5. The van der Waals surface area contributed by atoms with Crippen LogP contribution in [0, 0.1) is 0 Å². The first kappa shape index (κ1) is 18.9. The van der Waals surface area contributed by atoms with E-state index in [0.717, 1.165) is 24.2 Å². The summed E-state index contributed by atoms with van der Waals surface area (Å²) in [6.45, 7) is 1.37. The molecule has 1 amide bonds. The number of morpholine rings is 1. The Morgan fingerprint density at radius 2 is 2.07 bits per heavy atom. The molecule has 0 unspecified atom stereocenters. The van der Waals surface area contributed by atoms with E-state index in [2.05, 4.69) is 10.1 Å². The number of amides is 1. The normalized spacial score (nSPS) is 22.0. The molecule has 1 saturated heterocycles. The molecule has 0 N–H and O–H groups in total. The van der Waals surface area contributed by atoms with E-state index in [-0.39, 0.29) is 18.1 Å². The van der Waals surface area contributed by atoms with Gasteiger partial charge in [-0.2, -0.15) is 4.98 Å². The number of aryl methyl sites for hydroxylation is 1. The summed E-state index contributed by atoms with van der Waals surface area (Å²) < 4.78 is 16.4. The van der Waals surface area contributed by atoms with Gasteiger partial charge in [0, 0.05) is 24.9 Å². The molecular weight excluding hydrogens is 358 g/mol. The standard InChI is InChI=1S/C21H27N3O4/c1-26-16-11-9-15(10-12-16)21-22-19(28-23-21)7-4-8-20(25)24-13-14-27-18-6-3-2-5-17(18)24/h9-12,17-18H,2-8,13-14H2,1H3/t17-,18+/m1/s1. The number of rotatable bonds is 6. The van der Waals surface area contributed by atoms with Gasteiger partial charge in [-0.1, -0.05) is 18.0 Å². The largest absolute Gasteiger partial charge is 0.497 e. The predicted molar refractivity (Wildman–Crippen MR) is 103 cm³/mol. The van der Waals surface area contributed by atoms with Gasteiger partial charge >= 0.3 is 0 Å². The molecule has 2 aromatic rings. The van der Waals surface area contributed by atoms with Crippen molar-refractivity contribution in [3.8, 4) is 17.1 Å². The second kappa shape index (κ2) is 8.73. The van der Waals surface area contributed by atoms with E-state index in [4.69, 9.17) is 14.0 Å². The van der Waals surface area contributed by atoms with Crippen LogP contribution >= 0.6 is 0 Å². The number of aromatic nitrogens is 2. The van der Waals surface area contributed by atoms with E-state index >= 15 is 0 Å². The molecule has 1 aromatic heterocycles. The zero-order valence-electron chi connectivity index (χ0n) is 16.3. The SMILES string of the molecule is COc1ccc(-c2noc(CCCC(=O)N3CCO[C@H]4CCCC[C@H]43)n2)cc1. The number of fused-ring (bicyclic) bond motifs is 1. The average molecular weight is 385 g/mol. The lowest BCUT2D eigenvalue weighted by Gasteiger charge is -2.43. The molecule has 4 rings (SSSR count). The van der Waals surface area contributed by atoms with Crippen molar-refractivity contribution in [1.29, 1.82) is 0 Å². The minimum absolute atomic E-state index is 0.218. The Labute approximate surface area is 165 Å². The fourth-order valence-electron chi connectivity index (χ4n) is 4.15. The third-order valence-electron chi connectivity index (χ3n) is 5.65. The Morgan fingerprint density at radius 3 is 2.89 bits per heavy atom. The number of benzene rings is 1. The highest BCUT2D eigenvalue weighted by Crippen LogP contribution is 2.29. The van der Waals surface area contributed by atoms with Gasteiger partial charge < -0.3 is 18.9 Å². The van der Waals surface area contributed by atoms with E-state index in [9.17, 15) is 4.79 Å². The molecule has 2 fully saturated rings. The fourth-order valence-corrected chi connectivity index (χ4v) is 4.15. The molecule has 150 valence electrons. The van der Waals surface area contributed by atoms with Gasteiger partial charge in [0.25, 0.3) is 0 Å². The van der Waals surface area contributed by atoms with Gasteiger partial charge in [0.15, 0.2) is 0 Å². The van der Waals surface area contributed by atoms with Crippen molar-refractivity contribution >= 4 is 5.91 Å². The molecule has 2 heterocycles. The van der Waals surface area contributed by atoms with Crippen LogP contribution in [0.25, 0.3) is 11.4 Å². The Bertz CT molecular complexity index is 787. The van der Waals surface area contributed by atoms with Crippen LogP contribution in [0.4, 0.5) is 0 Å². The van der Waals surface area contributed by atoms with E-state index < -0.39 is 0 Å². The van der Waals surface area contributed by atoms with Crippen molar-refractivity contribution in [1.82, 2.24) is 15.0 Å². The number of nitrogens with zero attached hydrogens (tertiary/aromatic N) is 3. The minimum Gasteiger partial charge on any atom is -0.497 e. The molecule has 1 aliphatic heterocycles. The summed E-state index contributed by atoms with van der Waals surface area (Å²) in [5, 5.41) is 4.04. The maximum absolute atomic E-state index is 12.7. The van der Waals surface area contributed by atoms with Crippen LogP contribution in [0.1, 0.15) is 44.4 Å². The summed E-state index contributed by atoms with van der Waals surface area (Å²) in [7, 11) is 1.63. The molecule has 2 aliphatic rings. The first-order valence-corrected chi connectivity index (χ1v) is 10.1. The summed E-state index contributed by atoms with van der Waals surface area (Å²) in [5.41, 5.74) is 0.878. The van der Waals surface area contributed by atoms with Crippen molar-refractivity contribution in [2.75, 3.05) is 20.3 Å². The smallest absolute Gasteiger partial charge is 0.226 e. The van der Waals surface area contributed by atoms with Crippen molar-refractivity contribution in [2.45, 2.75) is 57.1 Å². The first-order chi connectivity index (χ1) is 13.7. The van der Waals surface area contributed by atoms with E-state index in [1.165, 1.54) is 12.8 Å². The molecule has 1 saturated carbocycles. The van der Waals surface area contributed by atoms with Crippen LogP contribution in [0.5, 0.6) is 5.75 Å². The summed E-state index contributed by atoms with van der Waals surface area (Å²) in [6.07, 6.45) is 6.57. The molecule has 7 nitrogen and oxygen atoms in total. The second-order valence-corrected chi connectivity index (χ2v) is 7.44. The monoisotopic (exact) mass is 385 g/mol. The summed E-state index contributed by atoms with van der Waals surface area (Å²) >= 11 is 0. The Balaban J connectivity index is 1.29. The third kappa shape index (κ3) is 4.19. The molecule has 1 aromatic carbocycles. The van der Waals surface area contributed by atoms with Crippen LogP contribution in [-0.4, -0.2) is 53.4 Å². The third-order valence-corrected chi connectivity index (χ3v) is 5.65. The topological polar surface area (TPSA) is 77.7 Å². The van der Waals surface area contributed by atoms with E-state index in [0.29, 0.717) is 44.1 Å². The van der Waals surface area contributed by atoms with Gasteiger partial charge in [0.05, 0.1) is 25.9 Å². The van der Waals surface area contributed by atoms with Crippen LogP contribution in [0.15, 0.2) is 28.8 Å². The molecule has 7 heteroatoms. The number of ether oxygens (including phenoxy) is 2. The van der Waals surface area contributed by atoms with Crippen LogP contribution < -0.4 is 4.74 Å². The number of hydrogen-bond acceptors (Lipinski definition) is 6.